The zero-order valence-corrected chi connectivity index (χ0v) is 22.8. The van der Waals surface area contributed by atoms with Gasteiger partial charge < -0.3 is 4.74 Å². The summed E-state index contributed by atoms with van der Waals surface area (Å²) < 4.78 is 127. The van der Waals surface area contributed by atoms with Crippen molar-refractivity contribution in [2.24, 2.45) is 0 Å². The van der Waals surface area contributed by atoms with E-state index in [9.17, 15) is 39.5 Å². The largest absolute Gasteiger partial charge is 0.573 e. The molecule has 10 heteroatoms. The number of hydrogen-bond acceptors (Lipinski definition) is 1. The Balaban J connectivity index is 1.46. The predicted molar refractivity (Wildman–Crippen MR) is 146 cm³/mol. The molecule has 43 heavy (non-hydrogen) atoms. The molecule has 0 amide bonds. The third-order valence-corrected chi connectivity index (χ3v) is 6.74. The molecule has 0 radical (unpaired) electrons. The number of benzene rings is 4. The number of halogens is 9. The van der Waals surface area contributed by atoms with Gasteiger partial charge in [0.15, 0.2) is 17.5 Å². The van der Waals surface area contributed by atoms with Crippen LogP contribution in [0.5, 0.6) is 5.75 Å². The van der Waals surface area contributed by atoms with E-state index in [2.05, 4.69) is 4.74 Å². The maximum Gasteiger partial charge on any atom is 0.573 e. The van der Waals surface area contributed by atoms with Crippen LogP contribution in [0.25, 0.3) is 28.1 Å². The predicted octanol–water partition coefficient (Wildman–Crippen LogP) is 11.1. The number of ether oxygens (including phenoxy) is 1. The van der Waals surface area contributed by atoms with Crippen LogP contribution in [-0.4, -0.2) is 6.36 Å². The molecule has 226 valence electrons. The lowest BCUT2D eigenvalue weighted by atomic mass is 9.97. The summed E-state index contributed by atoms with van der Waals surface area (Å²) in [5, 5.41) is 0. The van der Waals surface area contributed by atoms with Crippen LogP contribution in [0.15, 0.2) is 78.6 Å². The molecule has 1 nitrogen and oxygen atoms in total. The van der Waals surface area contributed by atoms with E-state index in [1.54, 1.807) is 18.2 Å². The van der Waals surface area contributed by atoms with Gasteiger partial charge in [-0.3, -0.25) is 0 Å². The zero-order valence-electron chi connectivity index (χ0n) is 22.8. The third kappa shape index (κ3) is 8.00. The van der Waals surface area contributed by atoms with E-state index < -0.39 is 47.0 Å². The number of hydrogen-bond donors (Lipinski definition) is 0. The van der Waals surface area contributed by atoms with E-state index in [1.165, 1.54) is 30.3 Å². The molecule has 0 spiro atoms. The minimum Gasteiger partial charge on any atom is -0.399 e. The quantitative estimate of drug-likeness (QED) is 0.163. The summed E-state index contributed by atoms with van der Waals surface area (Å²) in [5.41, 5.74) is 1.09. The van der Waals surface area contributed by atoms with Crippen LogP contribution in [0.4, 0.5) is 39.5 Å². The van der Waals surface area contributed by atoms with Crippen molar-refractivity contribution in [1.82, 2.24) is 0 Å². The average Bonchev–Trinajstić information content (AvgIpc) is 2.96. The molecule has 4 aromatic carbocycles. The summed E-state index contributed by atoms with van der Waals surface area (Å²) in [7, 11) is 0. The first-order chi connectivity index (χ1) is 20.4. The molecule has 0 aromatic heterocycles. The van der Waals surface area contributed by atoms with Gasteiger partial charge in [0.05, 0.1) is 0 Å². The van der Waals surface area contributed by atoms with E-state index in [0.717, 1.165) is 24.1 Å². The maximum atomic E-state index is 15.0. The van der Waals surface area contributed by atoms with E-state index in [0.29, 0.717) is 37.0 Å². The molecule has 0 bridgehead atoms. The lowest BCUT2D eigenvalue weighted by Gasteiger charge is -2.13. The molecular formula is C33H25F9O. The molecule has 0 aliphatic heterocycles. The topological polar surface area (TPSA) is 9.23 Å². The summed E-state index contributed by atoms with van der Waals surface area (Å²) in [6.45, 7) is 1.89. The first-order valence-corrected chi connectivity index (χ1v) is 13.3. The van der Waals surface area contributed by atoms with Gasteiger partial charge in [-0.05, 0) is 65.8 Å². The van der Waals surface area contributed by atoms with Crippen LogP contribution in [0, 0.1) is 23.3 Å². The normalized spacial score (nSPS) is 12.3. The summed E-state index contributed by atoms with van der Waals surface area (Å²) >= 11 is 0. The van der Waals surface area contributed by atoms with Crippen molar-refractivity contribution in [3.05, 3.63) is 119 Å². The third-order valence-electron chi connectivity index (χ3n) is 6.74. The molecule has 0 fully saturated rings. The Morgan fingerprint density at radius 1 is 0.651 bits per heavy atom. The van der Waals surface area contributed by atoms with Gasteiger partial charge in [0.2, 0.25) is 5.75 Å². The fourth-order valence-corrected chi connectivity index (χ4v) is 4.50. The first-order valence-electron chi connectivity index (χ1n) is 13.3. The van der Waals surface area contributed by atoms with Gasteiger partial charge in [0.25, 0.3) is 0 Å². The van der Waals surface area contributed by atoms with Crippen molar-refractivity contribution >= 4 is 5.83 Å². The van der Waals surface area contributed by atoms with Crippen molar-refractivity contribution in [2.75, 3.05) is 0 Å². The Morgan fingerprint density at radius 3 is 1.77 bits per heavy atom. The van der Waals surface area contributed by atoms with Crippen LogP contribution in [0.1, 0.15) is 42.9 Å². The number of unbranched alkanes of at least 4 members (excludes halogenated alkanes) is 1. The lowest BCUT2D eigenvalue weighted by Crippen LogP contribution is -2.19. The molecule has 4 aromatic rings. The maximum absolute atomic E-state index is 15.0. The molecular weight excluding hydrogens is 583 g/mol. The van der Waals surface area contributed by atoms with Gasteiger partial charge in [-0.2, -0.15) is 0 Å². The second-order valence-corrected chi connectivity index (χ2v) is 9.85. The highest BCUT2D eigenvalue weighted by Gasteiger charge is 2.34. The van der Waals surface area contributed by atoms with Crippen LogP contribution in [0.2, 0.25) is 0 Å². The van der Waals surface area contributed by atoms with E-state index in [-0.39, 0.29) is 34.2 Å². The average molecular weight is 609 g/mol. The number of rotatable bonds is 10. The van der Waals surface area contributed by atoms with Crippen LogP contribution >= 0.6 is 0 Å². The van der Waals surface area contributed by atoms with E-state index in [4.69, 9.17) is 0 Å². The number of aryl methyl sites for hydroxylation is 2. The highest BCUT2D eigenvalue weighted by molar-refractivity contribution is 5.72. The van der Waals surface area contributed by atoms with Crippen molar-refractivity contribution in [2.45, 2.75) is 45.4 Å². The lowest BCUT2D eigenvalue weighted by molar-refractivity contribution is -0.276. The van der Waals surface area contributed by atoms with Gasteiger partial charge in [-0.25, -0.2) is 26.3 Å². The number of allylic oxidation sites excluding steroid dienone is 1. The highest BCUT2D eigenvalue weighted by atomic mass is 19.4. The molecule has 0 unspecified atom stereocenters. The van der Waals surface area contributed by atoms with Gasteiger partial charge in [0.1, 0.15) is 17.5 Å². The minimum atomic E-state index is -5.32. The van der Waals surface area contributed by atoms with E-state index in [1.807, 2.05) is 6.92 Å². The molecule has 0 saturated heterocycles. The monoisotopic (exact) mass is 608 g/mol. The van der Waals surface area contributed by atoms with Crippen LogP contribution in [0.3, 0.4) is 0 Å². The Hall–Kier alpha value is -4.21. The Bertz CT molecular complexity index is 1600. The second-order valence-electron chi connectivity index (χ2n) is 9.85. The zero-order chi connectivity index (χ0) is 31.3. The van der Waals surface area contributed by atoms with Crippen molar-refractivity contribution in [1.29, 1.82) is 0 Å². The van der Waals surface area contributed by atoms with Gasteiger partial charge in [-0.15, -0.1) is 13.2 Å². The van der Waals surface area contributed by atoms with Gasteiger partial charge in [-0.1, -0.05) is 61.9 Å². The molecule has 0 heterocycles. The van der Waals surface area contributed by atoms with Crippen molar-refractivity contribution in [3.8, 4) is 28.0 Å². The summed E-state index contributed by atoms with van der Waals surface area (Å²) in [6, 6.07) is 15.1. The highest BCUT2D eigenvalue weighted by Crippen LogP contribution is 2.35. The number of alkyl halides is 3. The molecule has 4 rings (SSSR count). The standard InChI is InChI=1S/C33H25F9O/c1-2-3-4-26(34)31(39)21-10-7-19(8-11-21)5-6-20-9-13-24(27(35)15-20)22-12-14-25(28(36)16-22)23-17-29(37)32(30(38)18-23)43-33(40,41)42/h7-18H,2-6H2,1H3. The molecule has 0 saturated carbocycles. The molecule has 0 atom stereocenters. The van der Waals surface area contributed by atoms with Crippen LogP contribution < -0.4 is 4.74 Å². The molecule has 0 N–H and O–H groups in total. The van der Waals surface area contributed by atoms with Gasteiger partial charge >= 0.3 is 6.36 Å². The second kappa shape index (κ2) is 13.4. The van der Waals surface area contributed by atoms with Gasteiger partial charge in [0, 0.05) is 23.1 Å². The first kappa shape index (κ1) is 31.7. The Morgan fingerprint density at radius 2 is 1.19 bits per heavy atom. The Kier molecular flexibility index (Phi) is 9.88. The minimum absolute atomic E-state index is 0.0420. The fraction of sp³-hybridized carbons (Fsp3) is 0.212. The van der Waals surface area contributed by atoms with Crippen molar-refractivity contribution in [3.63, 3.8) is 0 Å². The smallest absolute Gasteiger partial charge is 0.399 e. The van der Waals surface area contributed by atoms with Crippen molar-refractivity contribution < 1.29 is 44.3 Å². The molecule has 0 aliphatic carbocycles. The summed E-state index contributed by atoms with van der Waals surface area (Å²) in [4.78, 5) is 0. The van der Waals surface area contributed by atoms with Crippen LogP contribution in [-0.2, 0) is 12.8 Å². The summed E-state index contributed by atoms with van der Waals surface area (Å²) in [6.07, 6.45) is -3.06. The SMILES string of the molecule is CCCCC(F)=C(F)c1ccc(CCc2ccc(-c3ccc(-c4cc(F)c(OC(F)(F)F)c(F)c4)c(F)c3)c(F)c2)cc1. The van der Waals surface area contributed by atoms with E-state index >= 15 is 0 Å². The fourth-order valence-electron chi connectivity index (χ4n) is 4.50. The molecule has 0 aliphatic rings. The summed E-state index contributed by atoms with van der Waals surface area (Å²) in [5.74, 6) is -8.30. The Labute approximate surface area is 242 Å².